The number of rotatable bonds is 8. The van der Waals surface area contributed by atoms with Crippen LogP contribution in [-0.2, 0) is 12.8 Å². The molecule has 27 heavy (non-hydrogen) atoms. The summed E-state index contributed by atoms with van der Waals surface area (Å²) in [6.45, 7) is 3.20. The molecule has 0 aliphatic carbocycles. The molecular weight excluding hydrogens is 465 g/mol. The number of hydrogen-bond acceptors (Lipinski definition) is 3. The van der Waals surface area contributed by atoms with Crippen molar-refractivity contribution in [2.75, 3.05) is 6.54 Å². The van der Waals surface area contributed by atoms with Gasteiger partial charge in [0.25, 0.3) is 0 Å². The van der Waals surface area contributed by atoms with E-state index in [1.165, 1.54) is 11.1 Å². The minimum absolute atomic E-state index is 0. The Kier molecular flexibility index (Phi) is 8.97. The molecule has 0 aliphatic rings. The smallest absolute Gasteiger partial charge is 0.141 e. The highest BCUT2D eigenvalue weighted by molar-refractivity contribution is 14.0. The van der Waals surface area contributed by atoms with E-state index >= 15 is 0 Å². The second-order valence-corrected chi connectivity index (χ2v) is 7.38. The summed E-state index contributed by atoms with van der Waals surface area (Å²) in [5.74, 6) is 0.573. The Labute approximate surface area is 182 Å². The van der Waals surface area contributed by atoms with Crippen molar-refractivity contribution >= 4 is 46.8 Å². The summed E-state index contributed by atoms with van der Waals surface area (Å²) in [6.07, 6.45) is 2.06. The molecule has 5 heteroatoms. The monoisotopic (exact) mass is 491 g/mol. The summed E-state index contributed by atoms with van der Waals surface area (Å²) in [7, 11) is 0. The topological polar surface area (TPSA) is 50.4 Å². The SMILES string of the molecule is CC(Cc1ccccc1)NCCc1ccc(N=C(N)c2cccs2)cc1.I. The molecule has 1 atom stereocenters. The lowest BCUT2D eigenvalue weighted by atomic mass is 10.1. The Bertz CT molecular complexity index is 815. The van der Waals surface area contributed by atoms with Gasteiger partial charge in [0.15, 0.2) is 0 Å². The van der Waals surface area contributed by atoms with Crippen LogP contribution in [0.15, 0.2) is 77.1 Å². The van der Waals surface area contributed by atoms with Crippen LogP contribution in [-0.4, -0.2) is 18.4 Å². The molecule has 0 fully saturated rings. The van der Waals surface area contributed by atoms with Crippen LogP contribution >= 0.6 is 35.3 Å². The van der Waals surface area contributed by atoms with Crippen LogP contribution in [0.2, 0.25) is 0 Å². The Balaban J connectivity index is 0.00000261. The van der Waals surface area contributed by atoms with Crippen LogP contribution in [0.4, 0.5) is 5.69 Å². The molecule has 1 unspecified atom stereocenters. The van der Waals surface area contributed by atoms with E-state index in [9.17, 15) is 0 Å². The fraction of sp³-hybridized carbons (Fsp3) is 0.227. The van der Waals surface area contributed by atoms with Crippen molar-refractivity contribution in [3.63, 3.8) is 0 Å². The van der Waals surface area contributed by atoms with Gasteiger partial charge in [0.2, 0.25) is 0 Å². The zero-order chi connectivity index (χ0) is 18.2. The van der Waals surface area contributed by atoms with E-state index in [1.807, 2.05) is 29.6 Å². The maximum absolute atomic E-state index is 6.04. The number of halogens is 1. The van der Waals surface area contributed by atoms with E-state index in [-0.39, 0.29) is 24.0 Å². The molecule has 0 spiro atoms. The molecule has 2 aromatic carbocycles. The molecule has 3 nitrogen and oxygen atoms in total. The van der Waals surface area contributed by atoms with Crippen LogP contribution in [0.5, 0.6) is 0 Å². The average Bonchev–Trinajstić information content (AvgIpc) is 3.19. The Hall–Kier alpha value is -1.70. The summed E-state index contributed by atoms with van der Waals surface area (Å²) >= 11 is 1.60. The van der Waals surface area contributed by atoms with Crippen molar-refractivity contribution in [2.24, 2.45) is 10.7 Å². The highest BCUT2D eigenvalue weighted by atomic mass is 127. The van der Waals surface area contributed by atoms with Crippen molar-refractivity contribution in [2.45, 2.75) is 25.8 Å². The minimum Gasteiger partial charge on any atom is -0.383 e. The summed E-state index contributed by atoms with van der Waals surface area (Å²) in [5.41, 5.74) is 9.61. The molecule has 0 saturated carbocycles. The molecule has 0 aliphatic heterocycles. The van der Waals surface area contributed by atoms with Gasteiger partial charge in [0.1, 0.15) is 5.84 Å². The zero-order valence-electron chi connectivity index (χ0n) is 15.5. The first kappa shape index (κ1) is 21.6. The van der Waals surface area contributed by atoms with Crippen molar-refractivity contribution in [1.29, 1.82) is 0 Å². The molecule has 0 amide bonds. The first-order valence-corrected chi connectivity index (χ1v) is 9.83. The summed E-state index contributed by atoms with van der Waals surface area (Å²) < 4.78 is 0. The predicted octanol–water partition coefficient (Wildman–Crippen LogP) is 5.17. The molecular formula is C22H26IN3S. The quantitative estimate of drug-likeness (QED) is 0.260. The molecule has 0 saturated heterocycles. The van der Waals surface area contributed by atoms with Crippen LogP contribution < -0.4 is 11.1 Å². The van der Waals surface area contributed by atoms with Gasteiger partial charge in [-0.2, -0.15) is 0 Å². The lowest BCUT2D eigenvalue weighted by Crippen LogP contribution is -2.29. The Morgan fingerprint density at radius 1 is 1.00 bits per heavy atom. The Morgan fingerprint density at radius 3 is 2.41 bits per heavy atom. The van der Waals surface area contributed by atoms with Gasteiger partial charge in [-0.25, -0.2) is 4.99 Å². The average molecular weight is 491 g/mol. The summed E-state index contributed by atoms with van der Waals surface area (Å²) in [6, 6.07) is 23.4. The van der Waals surface area contributed by atoms with Crippen LogP contribution in [0.1, 0.15) is 22.9 Å². The number of thiophene rings is 1. The molecule has 0 radical (unpaired) electrons. The highest BCUT2D eigenvalue weighted by Gasteiger charge is 2.03. The Morgan fingerprint density at radius 2 is 1.74 bits per heavy atom. The second kappa shape index (κ2) is 11.2. The second-order valence-electron chi connectivity index (χ2n) is 6.44. The predicted molar refractivity (Wildman–Crippen MR) is 128 cm³/mol. The number of hydrogen-bond donors (Lipinski definition) is 2. The van der Waals surface area contributed by atoms with E-state index in [4.69, 9.17) is 5.73 Å². The molecule has 3 N–H and O–H groups in total. The van der Waals surface area contributed by atoms with Gasteiger partial charge in [0.05, 0.1) is 10.6 Å². The molecule has 3 aromatic rings. The molecule has 1 heterocycles. The normalized spacial score (nSPS) is 12.4. The van der Waals surface area contributed by atoms with Crippen molar-refractivity contribution < 1.29 is 0 Å². The third-order valence-electron chi connectivity index (χ3n) is 4.25. The molecule has 1 aromatic heterocycles. The number of nitrogens with zero attached hydrogens (tertiary/aromatic N) is 1. The largest absolute Gasteiger partial charge is 0.383 e. The lowest BCUT2D eigenvalue weighted by molar-refractivity contribution is 0.548. The number of aliphatic imine (C=N–C) groups is 1. The third kappa shape index (κ3) is 7.08. The summed E-state index contributed by atoms with van der Waals surface area (Å²) in [5, 5.41) is 5.61. The van der Waals surface area contributed by atoms with E-state index in [1.54, 1.807) is 11.3 Å². The summed E-state index contributed by atoms with van der Waals surface area (Å²) in [4.78, 5) is 5.49. The maximum Gasteiger partial charge on any atom is 0.141 e. The van der Waals surface area contributed by atoms with Gasteiger partial charge in [-0.3, -0.25) is 0 Å². The van der Waals surface area contributed by atoms with Gasteiger partial charge in [0, 0.05) is 6.04 Å². The van der Waals surface area contributed by atoms with E-state index in [0.717, 1.165) is 30.0 Å². The number of benzene rings is 2. The fourth-order valence-corrected chi connectivity index (χ4v) is 3.49. The van der Waals surface area contributed by atoms with Crippen molar-refractivity contribution in [1.82, 2.24) is 5.32 Å². The van der Waals surface area contributed by atoms with E-state index < -0.39 is 0 Å². The number of nitrogens with two attached hydrogens (primary N) is 1. The van der Waals surface area contributed by atoms with Crippen LogP contribution in [0.3, 0.4) is 0 Å². The standard InChI is InChI=1S/C22H25N3S.HI/c1-17(16-19-6-3-2-4-7-19)24-14-13-18-9-11-20(12-10-18)25-22(23)21-8-5-15-26-21;/h2-12,15,17,24H,13-14,16H2,1H3,(H2,23,25);1H. The van der Waals surface area contributed by atoms with Crippen LogP contribution in [0, 0.1) is 0 Å². The number of amidine groups is 1. The van der Waals surface area contributed by atoms with Gasteiger partial charge < -0.3 is 11.1 Å². The van der Waals surface area contributed by atoms with Gasteiger partial charge in [-0.1, -0.05) is 48.5 Å². The zero-order valence-corrected chi connectivity index (χ0v) is 18.6. The van der Waals surface area contributed by atoms with Crippen molar-refractivity contribution in [3.05, 3.63) is 88.1 Å². The maximum atomic E-state index is 6.04. The molecule has 3 rings (SSSR count). The lowest BCUT2D eigenvalue weighted by Gasteiger charge is -2.14. The first-order chi connectivity index (χ1) is 12.7. The third-order valence-corrected chi connectivity index (χ3v) is 5.14. The van der Waals surface area contributed by atoms with Gasteiger partial charge in [-0.05, 0) is 61.0 Å². The molecule has 0 bridgehead atoms. The first-order valence-electron chi connectivity index (χ1n) is 8.95. The van der Waals surface area contributed by atoms with Gasteiger partial charge in [-0.15, -0.1) is 35.3 Å². The van der Waals surface area contributed by atoms with E-state index in [0.29, 0.717) is 11.9 Å². The fourth-order valence-electron chi connectivity index (χ4n) is 2.86. The van der Waals surface area contributed by atoms with Gasteiger partial charge >= 0.3 is 0 Å². The number of nitrogens with one attached hydrogen (secondary N) is 1. The van der Waals surface area contributed by atoms with Crippen molar-refractivity contribution in [3.8, 4) is 0 Å². The molecule has 142 valence electrons. The van der Waals surface area contributed by atoms with E-state index in [2.05, 4.69) is 59.7 Å². The van der Waals surface area contributed by atoms with Crippen LogP contribution in [0.25, 0.3) is 0 Å². The highest BCUT2D eigenvalue weighted by Crippen LogP contribution is 2.16. The minimum atomic E-state index is 0.